The van der Waals surface area contributed by atoms with Crippen LogP contribution < -0.4 is 4.90 Å². The topological polar surface area (TPSA) is 15.6 Å². The molecule has 0 N–H and O–H groups in total. The summed E-state index contributed by atoms with van der Waals surface area (Å²) >= 11 is 0. The lowest BCUT2D eigenvalue weighted by molar-refractivity contribution is 0.590. The third-order valence-corrected chi connectivity index (χ3v) is 4.52. The molecule has 2 nitrogen and oxygen atoms in total. The molecule has 0 fully saturated rings. The number of nitrogens with zero attached hydrogens (tertiary/aromatic N) is 2. The fourth-order valence-corrected chi connectivity index (χ4v) is 2.98. The average Bonchev–Trinajstić information content (AvgIpc) is 2.59. The highest BCUT2D eigenvalue weighted by atomic mass is 15.1. The number of aryl methyl sites for hydroxylation is 2. The number of aliphatic imine (C=N–C) groups is 1. The Morgan fingerprint density at radius 1 is 1.00 bits per heavy atom. The molecule has 26 heavy (non-hydrogen) atoms. The Labute approximate surface area is 158 Å². The van der Waals surface area contributed by atoms with E-state index in [2.05, 4.69) is 93.6 Å². The largest absolute Gasteiger partial charge is 0.310 e. The van der Waals surface area contributed by atoms with Gasteiger partial charge in [0.25, 0.3) is 0 Å². The van der Waals surface area contributed by atoms with Gasteiger partial charge in [0.2, 0.25) is 0 Å². The van der Waals surface area contributed by atoms with Crippen molar-refractivity contribution in [2.24, 2.45) is 4.99 Å². The Kier molecular flexibility index (Phi) is 6.20. The number of hydrogen-bond acceptors (Lipinski definition) is 2. The average molecular weight is 347 g/mol. The molecule has 0 saturated carbocycles. The van der Waals surface area contributed by atoms with E-state index in [0.717, 1.165) is 17.1 Å². The van der Waals surface area contributed by atoms with E-state index in [1.165, 1.54) is 16.7 Å². The van der Waals surface area contributed by atoms with Crippen molar-refractivity contribution in [3.63, 3.8) is 0 Å². The third kappa shape index (κ3) is 4.32. The molecule has 0 aliphatic heterocycles. The van der Waals surface area contributed by atoms with Gasteiger partial charge in [-0.3, -0.25) is 4.99 Å². The van der Waals surface area contributed by atoms with Crippen molar-refractivity contribution in [1.82, 2.24) is 0 Å². The van der Waals surface area contributed by atoms with E-state index in [9.17, 15) is 0 Å². The molecule has 0 radical (unpaired) electrons. The Bertz CT molecular complexity index is 836. The SMILES string of the molecule is C=C/C(=C\C=NC)N(c1ccccc1C)c1ccc(C(C)(C)C)cc1C. The number of anilines is 2. The quantitative estimate of drug-likeness (QED) is 0.445. The molecule has 0 aliphatic rings. The Morgan fingerprint density at radius 3 is 2.19 bits per heavy atom. The van der Waals surface area contributed by atoms with Crippen LogP contribution in [0, 0.1) is 13.8 Å². The standard InChI is InChI=1S/C24H30N2/c1-8-21(15-16-25-7)26(22-12-10-9-11-18(22)2)23-14-13-20(17-19(23)3)24(4,5)6/h8-17H,1H2,2-7H3/b21-15+,25-16?. The van der Waals surface area contributed by atoms with Crippen molar-refractivity contribution < 1.29 is 0 Å². The molecule has 0 bridgehead atoms. The van der Waals surface area contributed by atoms with Crippen LogP contribution in [0.5, 0.6) is 0 Å². The van der Waals surface area contributed by atoms with Crippen LogP contribution in [0.25, 0.3) is 0 Å². The van der Waals surface area contributed by atoms with E-state index >= 15 is 0 Å². The highest BCUT2D eigenvalue weighted by Crippen LogP contribution is 2.36. The maximum absolute atomic E-state index is 4.11. The molecule has 2 heteroatoms. The van der Waals surface area contributed by atoms with Gasteiger partial charge in [0.15, 0.2) is 0 Å². The van der Waals surface area contributed by atoms with Gasteiger partial charge in [-0.05, 0) is 60.2 Å². The van der Waals surface area contributed by atoms with Gasteiger partial charge in [0, 0.05) is 30.3 Å². The normalized spacial score (nSPS) is 12.5. The number of benzene rings is 2. The fourth-order valence-electron chi connectivity index (χ4n) is 2.98. The molecule has 2 aromatic carbocycles. The summed E-state index contributed by atoms with van der Waals surface area (Å²) in [6, 6.07) is 15.1. The van der Waals surface area contributed by atoms with Crippen LogP contribution in [0.1, 0.15) is 37.5 Å². The summed E-state index contributed by atoms with van der Waals surface area (Å²) in [6.45, 7) is 15.1. The van der Waals surface area contributed by atoms with E-state index in [1.807, 2.05) is 12.2 Å². The van der Waals surface area contributed by atoms with Crippen LogP contribution in [0.15, 0.2) is 71.9 Å². The first-order valence-corrected chi connectivity index (χ1v) is 9.01. The zero-order chi connectivity index (χ0) is 19.3. The Balaban J connectivity index is 2.69. The molecular weight excluding hydrogens is 316 g/mol. The van der Waals surface area contributed by atoms with E-state index in [1.54, 1.807) is 13.3 Å². The second-order valence-corrected chi connectivity index (χ2v) is 7.58. The van der Waals surface area contributed by atoms with Gasteiger partial charge in [-0.1, -0.05) is 57.7 Å². The van der Waals surface area contributed by atoms with E-state index in [0.29, 0.717) is 0 Å². The van der Waals surface area contributed by atoms with Gasteiger partial charge in [-0.25, -0.2) is 0 Å². The van der Waals surface area contributed by atoms with Gasteiger partial charge in [0.05, 0.1) is 0 Å². The molecule has 0 saturated heterocycles. The molecule has 0 aliphatic carbocycles. The fraction of sp³-hybridized carbons (Fsp3) is 0.292. The van der Waals surface area contributed by atoms with Gasteiger partial charge in [-0.15, -0.1) is 0 Å². The second kappa shape index (κ2) is 8.18. The van der Waals surface area contributed by atoms with E-state index < -0.39 is 0 Å². The Morgan fingerprint density at radius 2 is 1.65 bits per heavy atom. The van der Waals surface area contributed by atoms with Crippen LogP contribution in [0.2, 0.25) is 0 Å². The molecule has 0 spiro atoms. The van der Waals surface area contributed by atoms with E-state index in [-0.39, 0.29) is 5.41 Å². The van der Waals surface area contributed by atoms with Crippen LogP contribution in [0.4, 0.5) is 11.4 Å². The molecule has 0 aromatic heterocycles. The third-order valence-electron chi connectivity index (χ3n) is 4.52. The first-order valence-electron chi connectivity index (χ1n) is 9.01. The summed E-state index contributed by atoms with van der Waals surface area (Å²) in [5, 5.41) is 0. The number of allylic oxidation sites excluding steroid dienone is 2. The summed E-state index contributed by atoms with van der Waals surface area (Å²) < 4.78 is 0. The van der Waals surface area contributed by atoms with Crippen molar-refractivity contribution in [3.05, 3.63) is 83.6 Å². The van der Waals surface area contributed by atoms with Crippen molar-refractivity contribution in [1.29, 1.82) is 0 Å². The molecule has 136 valence electrons. The molecular formula is C24H30N2. The smallest absolute Gasteiger partial charge is 0.0491 e. The Hall–Kier alpha value is -2.61. The van der Waals surface area contributed by atoms with Crippen molar-refractivity contribution in [2.45, 2.75) is 40.0 Å². The maximum Gasteiger partial charge on any atom is 0.0491 e. The predicted molar refractivity (Wildman–Crippen MR) is 116 cm³/mol. The minimum Gasteiger partial charge on any atom is -0.310 e. The summed E-state index contributed by atoms with van der Waals surface area (Å²) in [4.78, 5) is 6.36. The lowest BCUT2D eigenvalue weighted by Crippen LogP contribution is -2.18. The monoisotopic (exact) mass is 346 g/mol. The minimum atomic E-state index is 0.128. The summed E-state index contributed by atoms with van der Waals surface area (Å²) in [7, 11) is 1.78. The van der Waals surface area contributed by atoms with Gasteiger partial charge in [-0.2, -0.15) is 0 Å². The van der Waals surface area contributed by atoms with Crippen molar-refractivity contribution >= 4 is 17.6 Å². The molecule has 0 unspecified atom stereocenters. The lowest BCUT2D eigenvalue weighted by Gasteiger charge is -2.30. The summed E-state index contributed by atoms with van der Waals surface area (Å²) in [5.74, 6) is 0. The van der Waals surface area contributed by atoms with Crippen molar-refractivity contribution in [2.75, 3.05) is 11.9 Å². The van der Waals surface area contributed by atoms with Crippen LogP contribution in [-0.2, 0) is 5.41 Å². The minimum absolute atomic E-state index is 0.128. The predicted octanol–water partition coefficient (Wildman–Crippen LogP) is 6.51. The maximum atomic E-state index is 4.11. The van der Waals surface area contributed by atoms with E-state index in [4.69, 9.17) is 0 Å². The lowest BCUT2D eigenvalue weighted by atomic mass is 9.86. The molecule has 2 rings (SSSR count). The second-order valence-electron chi connectivity index (χ2n) is 7.58. The summed E-state index contributed by atoms with van der Waals surface area (Å²) in [5.41, 5.74) is 7.22. The van der Waals surface area contributed by atoms with Gasteiger partial charge in [0.1, 0.15) is 0 Å². The number of para-hydroxylation sites is 1. The van der Waals surface area contributed by atoms with Crippen LogP contribution in [-0.4, -0.2) is 13.3 Å². The zero-order valence-corrected chi connectivity index (χ0v) is 16.9. The van der Waals surface area contributed by atoms with Gasteiger partial charge < -0.3 is 4.90 Å². The van der Waals surface area contributed by atoms with Crippen LogP contribution >= 0.6 is 0 Å². The molecule has 0 heterocycles. The number of rotatable bonds is 5. The van der Waals surface area contributed by atoms with Crippen LogP contribution in [0.3, 0.4) is 0 Å². The van der Waals surface area contributed by atoms with Gasteiger partial charge >= 0.3 is 0 Å². The van der Waals surface area contributed by atoms with Crippen molar-refractivity contribution in [3.8, 4) is 0 Å². The zero-order valence-electron chi connectivity index (χ0n) is 16.9. The summed E-state index contributed by atoms with van der Waals surface area (Å²) in [6.07, 6.45) is 5.68. The molecule has 0 atom stereocenters. The first kappa shape index (κ1) is 19.7. The molecule has 2 aromatic rings. The highest BCUT2D eigenvalue weighted by Gasteiger charge is 2.19. The number of hydrogen-bond donors (Lipinski definition) is 0. The molecule has 0 amide bonds. The first-order chi connectivity index (χ1) is 12.3. The highest BCUT2D eigenvalue weighted by molar-refractivity contribution is 5.80.